The fourth-order valence-electron chi connectivity index (χ4n) is 3.51. The summed E-state index contributed by atoms with van der Waals surface area (Å²) >= 11 is 1.66. The lowest BCUT2D eigenvalue weighted by atomic mass is 10.0. The first-order valence-electron chi connectivity index (χ1n) is 8.58. The Hall–Kier alpha value is -1.40. The van der Waals surface area contributed by atoms with E-state index in [1.54, 1.807) is 11.3 Å². The molecule has 6 heteroatoms. The van der Waals surface area contributed by atoms with Crippen LogP contribution in [0.4, 0.5) is 0 Å². The van der Waals surface area contributed by atoms with Crippen LogP contribution in [-0.4, -0.2) is 42.4 Å². The number of hydrogen-bond acceptors (Lipinski definition) is 4. The second-order valence-electron chi connectivity index (χ2n) is 6.40. The van der Waals surface area contributed by atoms with E-state index in [1.165, 1.54) is 16.9 Å². The Morgan fingerprint density at radius 1 is 1.30 bits per heavy atom. The first-order valence-corrected chi connectivity index (χ1v) is 9.40. The smallest absolute Gasteiger partial charge is 0.264 e. The Morgan fingerprint density at radius 3 is 2.96 bits per heavy atom. The van der Waals surface area contributed by atoms with E-state index in [-0.39, 0.29) is 17.9 Å². The lowest BCUT2D eigenvalue weighted by molar-refractivity contribution is -0.121. The average molecular weight is 335 g/mol. The van der Waals surface area contributed by atoms with Crippen molar-refractivity contribution in [3.05, 3.63) is 21.4 Å². The molecule has 1 aromatic rings. The van der Waals surface area contributed by atoms with Crippen LogP contribution in [-0.2, 0) is 17.6 Å². The van der Waals surface area contributed by atoms with Gasteiger partial charge >= 0.3 is 0 Å². The Balaban J connectivity index is 1.65. The maximum atomic E-state index is 12.9. The molecule has 1 unspecified atom stereocenters. The van der Waals surface area contributed by atoms with Gasteiger partial charge in [0.2, 0.25) is 5.91 Å². The minimum atomic E-state index is -0.0272. The van der Waals surface area contributed by atoms with Gasteiger partial charge in [-0.05, 0) is 50.2 Å². The highest BCUT2D eigenvalue weighted by Crippen LogP contribution is 2.32. The van der Waals surface area contributed by atoms with Crippen molar-refractivity contribution in [3.63, 3.8) is 0 Å². The fraction of sp³-hybridized carbons (Fsp3) is 0.647. The highest BCUT2D eigenvalue weighted by Gasteiger charge is 2.29. The second kappa shape index (κ2) is 7.45. The van der Waals surface area contributed by atoms with E-state index < -0.39 is 0 Å². The van der Waals surface area contributed by atoms with E-state index >= 15 is 0 Å². The van der Waals surface area contributed by atoms with Crippen LogP contribution in [0.25, 0.3) is 0 Å². The molecule has 2 amide bonds. The maximum absolute atomic E-state index is 12.9. The van der Waals surface area contributed by atoms with Crippen molar-refractivity contribution in [3.8, 4) is 0 Å². The van der Waals surface area contributed by atoms with Crippen molar-refractivity contribution in [2.75, 3.05) is 19.6 Å². The van der Waals surface area contributed by atoms with Crippen LogP contribution in [0.2, 0.25) is 0 Å². The van der Waals surface area contributed by atoms with Crippen LogP contribution in [0, 0.1) is 0 Å². The van der Waals surface area contributed by atoms with E-state index in [1.807, 2.05) is 4.90 Å². The number of amides is 2. The normalized spacial score (nSPS) is 20.4. The third-order valence-electron chi connectivity index (χ3n) is 4.75. The van der Waals surface area contributed by atoms with Crippen LogP contribution in [0.3, 0.4) is 0 Å². The van der Waals surface area contributed by atoms with Gasteiger partial charge in [0.15, 0.2) is 0 Å². The monoisotopic (exact) mass is 335 g/mol. The maximum Gasteiger partial charge on any atom is 0.264 e. The van der Waals surface area contributed by atoms with Crippen molar-refractivity contribution in [1.29, 1.82) is 0 Å². The molecule has 1 aromatic heterocycles. The van der Waals surface area contributed by atoms with E-state index in [0.717, 1.165) is 43.5 Å². The van der Waals surface area contributed by atoms with Crippen molar-refractivity contribution in [1.82, 2.24) is 10.2 Å². The fourth-order valence-corrected chi connectivity index (χ4v) is 4.72. The number of hydrogen-bond donors (Lipinski definition) is 2. The zero-order valence-corrected chi connectivity index (χ0v) is 14.3. The van der Waals surface area contributed by atoms with Gasteiger partial charge in [0.25, 0.3) is 5.91 Å². The number of nitrogens with zero attached hydrogens (tertiary/aromatic N) is 1. The molecule has 126 valence electrons. The van der Waals surface area contributed by atoms with Crippen LogP contribution in [0.5, 0.6) is 0 Å². The van der Waals surface area contributed by atoms with Gasteiger partial charge in [-0.2, -0.15) is 0 Å². The molecule has 1 atom stereocenters. The summed E-state index contributed by atoms with van der Waals surface area (Å²) < 4.78 is 0. The Labute approximate surface area is 141 Å². The van der Waals surface area contributed by atoms with Crippen molar-refractivity contribution < 1.29 is 9.59 Å². The van der Waals surface area contributed by atoms with E-state index in [9.17, 15) is 9.59 Å². The number of carbonyl (C=O) groups is 2. The van der Waals surface area contributed by atoms with Crippen LogP contribution in [0.15, 0.2) is 6.07 Å². The number of nitrogens with two attached hydrogens (primary N) is 1. The van der Waals surface area contributed by atoms with Gasteiger partial charge in [-0.25, -0.2) is 0 Å². The Morgan fingerprint density at radius 2 is 2.17 bits per heavy atom. The summed E-state index contributed by atoms with van der Waals surface area (Å²) in [5.41, 5.74) is 6.76. The molecule has 1 saturated heterocycles. The molecule has 0 saturated carbocycles. The summed E-state index contributed by atoms with van der Waals surface area (Å²) in [5.74, 6) is 0.114. The highest BCUT2D eigenvalue weighted by molar-refractivity contribution is 7.14. The third kappa shape index (κ3) is 3.75. The topological polar surface area (TPSA) is 75.4 Å². The summed E-state index contributed by atoms with van der Waals surface area (Å²) in [4.78, 5) is 28.7. The molecule has 5 nitrogen and oxygen atoms in total. The van der Waals surface area contributed by atoms with E-state index in [2.05, 4.69) is 11.4 Å². The number of thiophene rings is 1. The van der Waals surface area contributed by atoms with Gasteiger partial charge in [-0.15, -0.1) is 11.3 Å². The molecule has 0 bridgehead atoms. The van der Waals surface area contributed by atoms with E-state index in [4.69, 9.17) is 5.73 Å². The molecule has 3 N–H and O–H groups in total. The zero-order valence-electron chi connectivity index (χ0n) is 13.5. The van der Waals surface area contributed by atoms with Crippen LogP contribution < -0.4 is 11.1 Å². The SMILES string of the molecule is NCCC(=O)NCC1CCCCN1C(=O)c1cc2c(s1)CCC2. The molecule has 1 aliphatic carbocycles. The number of aryl methyl sites for hydroxylation is 2. The Bertz CT molecular complexity index is 563. The van der Waals surface area contributed by atoms with Gasteiger partial charge < -0.3 is 16.0 Å². The van der Waals surface area contributed by atoms with Crippen LogP contribution in [0.1, 0.15) is 52.2 Å². The van der Waals surface area contributed by atoms with E-state index in [0.29, 0.717) is 19.5 Å². The standard InChI is InChI=1S/C17H25N3O2S/c18-8-7-16(21)19-11-13-5-1-2-9-20(13)17(22)15-10-12-4-3-6-14(12)23-15/h10,13H,1-9,11,18H2,(H,19,21). The molecule has 0 spiro atoms. The number of likely N-dealkylation sites (tertiary alicyclic amines) is 1. The predicted octanol–water partition coefficient (Wildman–Crippen LogP) is 1.70. The molecule has 1 fully saturated rings. The van der Waals surface area contributed by atoms with Gasteiger partial charge in [-0.3, -0.25) is 9.59 Å². The molecule has 3 rings (SSSR count). The summed E-state index contributed by atoms with van der Waals surface area (Å²) in [6.07, 6.45) is 6.91. The quantitative estimate of drug-likeness (QED) is 0.860. The summed E-state index contributed by atoms with van der Waals surface area (Å²) in [5, 5.41) is 2.92. The molecule has 0 aromatic carbocycles. The number of nitrogens with one attached hydrogen (secondary N) is 1. The van der Waals surface area contributed by atoms with Crippen molar-refractivity contribution >= 4 is 23.2 Å². The summed E-state index contributed by atoms with van der Waals surface area (Å²) in [6, 6.07) is 2.20. The number of rotatable bonds is 5. The minimum absolute atomic E-state index is 0.0272. The predicted molar refractivity (Wildman–Crippen MR) is 91.7 cm³/mol. The minimum Gasteiger partial charge on any atom is -0.354 e. The van der Waals surface area contributed by atoms with Gasteiger partial charge in [-0.1, -0.05) is 0 Å². The lowest BCUT2D eigenvalue weighted by Crippen LogP contribution is -2.49. The molecule has 0 radical (unpaired) electrons. The highest BCUT2D eigenvalue weighted by atomic mass is 32.1. The molecular formula is C17H25N3O2S. The molecule has 1 aliphatic heterocycles. The number of fused-ring (bicyclic) bond motifs is 1. The second-order valence-corrected chi connectivity index (χ2v) is 7.54. The molecule has 2 aliphatic rings. The Kier molecular flexibility index (Phi) is 5.33. The lowest BCUT2D eigenvalue weighted by Gasteiger charge is -2.35. The number of carbonyl (C=O) groups excluding carboxylic acids is 2. The summed E-state index contributed by atoms with van der Waals surface area (Å²) in [7, 11) is 0. The van der Waals surface area contributed by atoms with Gasteiger partial charge in [0.1, 0.15) is 0 Å². The third-order valence-corrected chi connectivity index (χ3v) is 5.98. The summed E-state index contributed by atoms with van der Waals surface area (Å²) in [6.45, 7) is 1.69. The molecule has 23 heavy (non-hydrogen) atoms. The first-order chi connectivity index (χ1) is 11.2. The van der Waals surface area contributed by atoms with Crippen molar-refractivity contribution in [2.24, 2.45) is 5.73 Å². The first kappa shape index (κ1) is 16.5. The molecular weight excluding hydrogens is 310 g/mol. The van der Waals surface area contributed by atoms with Crippen LogP contribution >= 0.6 is 11.3 Å². The number of piperidine rings is 1. The average Bonchev–Trinajstić information content (AvgIpc) is 3.14. The van der Waals surface area contributed by atoms with Gasteiger partial charge in [0.05, 0.1) is 4.88 Å². The van der Waals surface area contributed by atoms with Gasteiger partial charge in [0, 0.05) is 37.0 Å². The largest absolute Gasteiger partial charge is 0.354 e. The molecule has 2 heterocycles. The zero-order chi connectivity index (χ0) is 16.2. The van der Waals surface area contributed by atoms with Crippen molar-refractivity contribution in [2.45, 2.75) is 51.0 Å².